The molecule has 0 aliphatic carbocycles. The van der Waals surface area contributed by atoms with Gasteiger partial charge in [0.1, 0.15) is 5.94 Å². The molecule has 0 unspecified atom stereocenters. The second-order valence-electron chi connectivity index (χ2n) is 2.31. The van der Waals surface area contributed by atoms with Gasteiger partial charge in [-0.15, -0.1) is 0 Å². The van der Waals surface area contributed by atoms with Crippen molar-refractivity contribution in [3.8, 4) is 0 Å². The lowest BCUT2D eigenvalue weighted by Gasteiger charge is -2.09. The van der Waals surface area contributed by atoms with E-state index in [0.29, 0.717) is 4.38 Å². The van der Waals surface area contributed by atoms with Gasteiger partial charge in [-0.3, -0.25) is 4.79 Å². The van der Waals surface area contributed by atoms with Crippen molar-refractivity contribution < 1.29 is 14.3 Å². The Labute approximate surface area is 81.8 Å². The van der Waals surface area contributed by atoms with Gasteiger partial charge in [0.15, 0.2) is 0 Å². The third kappa shape index (κ3) is 7.81. The topological polar surface area (TPSA) is 35.5 Å². The number of hydrogen-bond acceptors (Lipinski definition) is 5. The van der Waals surface area contributed by atoms with Crippen LogP contribution >= 0.6 is 24.0 Å². The quantitative estimate of drug-likeness (QED) is 0.402. The van der Waals surface area contributed by atoms with Gasteiger partial charge in [-0.1, -0.05) is 0 Å². The summed E-state index contributed by atoms with van der Waals surface area (Å²) in [6.07, 6.45) is 0.0716. The molecule has 0 saturated heterocycles. The molecule has 0 amide bonds. The van der Waals surface area contributed by atoms with Gasteiger partial charge in [0.05, 0.1) is 6.10 Å². The van der Waals surface area contributed by atoms with Gasteiger partial charge < -0.3 is 9.47 Å². The van der Waals surface area contributed by atoms with E-state index >= 15 is 0 Å². The van der Waals surface area contributed by atoms with E-state index in [1.54, 1.807) is 0 Å². The molecule has 12 heavy (non-hydrogen) atoms. The van der Waals surface area contributed by atoms with Gasteiger partial charge in [-0.05, 0) is 37.8 Å². The van der Waals surface area contributed by atoms with E-state index in [-0.39, 0.29) is 18.0 Å². The van der Waals surface area contributed by atoms with Gasteiger partial charge in [-0.25, -0.2) is 0 Å². The summed E-state index contributed by atoms with van der Waals surface area (Å²) in [5, 5.41) is 0. The van der Waals surface area contributed by atoms with E-state index in [0.717, 1.165) is 0 Å². The van der Waals surface area contributed by atoms with Crippen molar-refractivity contribution in [3.05, 3.63) is 0 Å². The molecule has 0 atom stereocenters. The molecule has 0 bridgehead atoms. The Bertz CT molecular complexity index is 168. The maximum absolute atomic E-state index is 10.3. The Morgan fingerprint density at radius 1 is 1.58 bits per heavy atom. The lowest BCUT2D eigenvalue weighted by molar-refractivity contribution is -0.138. The first-order valence-corrected chi connectivity index (χ1v) is 4.88. The maximum atomic E-state index is 10.3. The third-order valence-electron chi connectivity index (χ3n) is 0.771. The van der Waals surface area contributed by atoms with E-state index in [9.17, 15) is 4.79 Å². The summed E-state index contributed by atoms with van der Waals surface area (Å²) in [5.74, 6) is -0.0872. The number of carbonyl (C=O) groups is 1. The second kappa shape index (κ2) is 6.25. The number of ether oxygens (including phenoxy) is 2. The molecule has 3 nitrogen and oxygen atoms in total. The smallest absolute Gasteiger partial charge is 0.303 e. The van der Waals surface area contributed by atoms with E-state index in [1.165, 1.54) is 18.7 Å². The Morgan fingerprint density at radius 3 is 2.58 bits per heavy atom. The minimum atomic E-state index is -0.310. The van der Waals surface area contributed by atoms with Crippen molar-refractivity contribution in [1.29, 1.82) is 0 Å². The van der Waals surface area contributed by atoms with Crippen LogP contribution in [0.4, 0.5) is 0 Å². The summed E-state index contributed by atoms with van der Waals surface area (Å²) in [6.45, 7) is 5.13. The molecule has 0 saturated carbocycles. The van der Waals surface area contributed by atoms with Crippen molar-refractivity contribution >= 4 is 34.3 Å². The Hall–Kier alpha value is -0.290. The highest BCUT2D eigenvalue weighted by Gasteiger charge is 2.02. The van der Waals surface area contributed by atoms with Crippen molar-refractivity contribution in [3.63, 3.8) is 0 Å². The zero-order valence-corrected chi connectivity index (χ0v) is 8.96. The highest BCUT2D eigenvalue weighted by molar-refractivity contribution is 8.22. The highest BCUT2D eigenvalue weighted by atomic mass is 32.2. The van der Waals surface area contributed by atoms with Crippen LogP contribution in [0.3, 0.4) is 0 Å². The van der Waals surface area contributed by atoms with Crippen molar-refractivity contribution in [1.82, 2.24) is 0 Å². The van der Waals surface area contributed by atoms with E-state index in [2.05, 4.69) is 4.74 Å². The van der Waals surface area contributed by atoms with Crippen LogP contribution in [0, 0.1) is 0 Å². The van der Waals surface area contributed by atoms with Crippen LogP contribution in [0.25, 0.3) is 0 Å². The standard InChI is InChI=1S/C7H12O3S2/c1-5(2)10-7(11)12-4-9-6(3)8/h5H,4H2,1-3H3. The number of thiocarbonyl (C=S) groups is 1. The SMILES string of the molecule is CC(=O)OCSC(=S)OC(C)C. The first kappa shape index (κ1) is 11.7. The lowest BCUT2D eigenvalue weighted by atomic mass is 10.5. The first-order chi connectivity index (χ1) is 5.52. The molecule has 70 valence electrons. The Morgan fingerprint density at radius 2 is 2.17 bits per heavy atom. The normalized spacial score (nSPS) is 9.67. The second-order valence-corrected chi connectivity index (χ2v) is 3.84. The van der Waals surface area contributed by atoms with Crippen molar-refractivity contribution in [2.45, 2.75) is 26.9 Å². The van der Waals surface area contributed by atoms with E-state index in [4.69, 9.17) is 17.0 Å². The zero-order chi connectivity index (χ0) is 9.56. The molecule has 0 radical (unpaired) electrons. The lowest BCUT2D eigenvalue weighted by Crippen LogP contribution is -2.08. The number of esters is 1. The Balaban J connectivity index is 3.38. The largest absolute Gasteiger partial charge is 0.476 e. The van der Waals surface area contributed by atoms with Gasteiger partial charge in [0.2, 0.25) is 4.38 Å². The number of thioether (sulfide) groups is 1. The fourth-order valence-corrected chi connectivity index (χ4v) is 1.31. The molecular formula is C7H12O3S2. The molecule has 0 spiro atoms. The van der Waals surface area contributed by atoms with Gasteiger partial charge in [0, 0.05) is 6.92 Å². The predicted molar refractivity (Wildman–Crippen MR) is 53.0 cm³/mol. The summed E-state index contributed by atoms with van der Waals surface area (Å²) >= 11 is 6.03. The third-order valence-corrected chi connectivity index (χ3v) is 1.79. The van der Waals surface area contributed by atoms with Gasteiger partial charge in [0.25, 0.3) is 0 Å². The van der Waals surface area contributed by atoms with Crippen LogP contribution in [0.5, 0.6) is 0 Å². The monoisotopic (exact) mass is 208 g/mol. The van der Waals surface area contributed by atoms with Gasteiger partial charge >= 0.3 is 5.97 Å². The molecule has 0 rings (SSSR count). The molecule has 0 aliphatic heterocycles. The molecule has 0 heterocycles. The summed E-state index contributed by atoms with van der Waals surface area (Å²) in [5.41, 5.74) is 0. The fourth-order valence-electron chi connectivity index (χ4n) is 0.387. The molecule has 0 aromatic heterocycles. The molecule has 0 aromatic carbocycles. The Kier molecular flexibility index (Phi) is 6.10. The summed E-state index contributed by atoms with van der Waals surface area (Å²) in [4.78, 5) is 10.3. The van der Waals surface area contributed by atoms with E-state index < -0.39 is 0 Å². The van der Waals surface area contributed by atoms with Crippen molar-refractivity contribution in [2.75, 3.05) is 5.94 Å². The average Bonchev–Trinajstić information content (AvgIpc) is 1.84. The highest BCUT2D eigenvalue weighted by Crippen LogP contribution is 2.08. The maximum Gasteiger partial charge on any atom is 0.303 e. The summed E-state index contributed by atoms with van der Waals surface area (Å²) < 4.78 is 10.2. The van der Waals surface area contributed by atoms with E-state index in [1.807, 2.05) is 13.8 Å². The van der Waals surface area contributed by atoms with Crippen LogP contribution in [0.15, 0.2) is 0 Å². The first-order valence-electron chi connectivity index (χ1n) is 3.49. The van der Waals surface area contributed by atoms with Gasteiger partial charge in [-0.2, -0.15) is 0 Å². The molecular weight excluding hydrogens is 196 g/mol. The average molecular weight is 208 g/mol. The minimum Gasteiger partial charge on any atom is -0.476 e. The van der Waals surface area contributed by atoms with Crippen LogP contribution in [0.1, 0.15) is 20.8 Å². The molecule has 5 heteroatoms. The fraction of sp³-hybridized carbons (Fsp3) is 0.714. The predicted octanol–water partition coefficient (Wildman–Crippen LogP) is 1.95. The van der Waals surface area contributed by atoms with Crippen LogP contribution in [-0.4, -0.2) is 22.4 Å². The zero-order valence-electron chi connectivity index (χ0n) is 7.33. The summed E-state index contributed by atoms with van der Waals surface area (Å²) in [7, 11) is 0. The van der Waals surface area contributed by atoms with Crippen LogP contribution in [0.2, 0.25) is 0 Å². The van der Waals surface area contributed by atoms with Crippen LogP contribution < -0.4 is 0 Å². The number of rotatable bonds is 3. The van der Waals surface area contributed by atoms with Crippen LogP contribution in [-0.2, 0) is 14.3 Å². The summed E-state index contributed by atoms with van der Waals surface area (Å²) in [6, 6.07) is 0. The molecule has 0 aromatic rings. The molecule has 0 N–H and O–H groups in total. The van der Waals surface area contributed by atoms with Crippen molar-refractivity contribution in [2.24, 2.45) is 0 Å². The minimum absolute atomic E-state index is 0.0716. The number of hydrogen-bond donors (Lipinski definition) is 0. The molecule has 0 fully saturated rings. The number of carbonyl (C=O) groups excluding carboxylic acids is 1. The molecule has 0 aliphatic rings.